The van der Waals surface area contributed by atoms with E-state index < -0.39 is 0 Å². The van der Waals surface area contributed by atoms with Crippen molar-refractivity contribution in [2.45, 2.75) is 6.61 Å². The van der Waals surface area contributed by atoms with Crippen LogP contribution in [-0.2, 0) is 6.61 Å². The molecular weight excluding hydrogens is 362 g/mol. The summed E-state index contributed by atoms with van der Waals surface area (Å²) >= 11 is 1.51. The van der Waals surface area contributed by atoms with Crippen LogP contribution in [0, 0.1) is 0 Å². The quantitative estimate of drug-likeness (QED) is 0.509. The molecule has 0 N–H and O–H groups in total. The van der Waals surface area contributed by atoms with Crippen LogP contribution in [0.5, 0.6) is 11.5 Å². The molecule has 0 fully saturated rings. The number of anilines is 1. The van der Waals surface area contributed by atoms with E-state index >= 15 is 0 Å². The molecule has 0 aliphatic rings. The molecule has 0 atom stereocenters. The number of fused-ring (bicyclic) bond motifs is 1. The van der Waals surface area contributed by atoms with E-state index in [-0.39, 0.29) is 6.61 Å². The molecule has 138 valence electrons. The van der Waals surface area contributed by atoms with Crippen LogP contribution in [0.15, 0.2) is 48.5 Å². The van der Waals surface area contributed by atoms with Crippen molar-refractivity contribution in [3.8, 4) is 22.1 Å². The van der Waals surface area contributed by atoms with Gasteiger partial charge in [-0.25, -0.2) is 0 Å². The number of hydrogen-bond donors (Lipinski definition) is 0. The van der Waals surface area contributed by atoms with Crippen LogP contribution in [0.25, 0.3) is 15.5 Å². The van der Waals surface area contributed by atoms with E-state index in [9.17, 15) is 0 Å². The van der Waals surface area contributed by atoms with Crippen molar-refractivity contribution in [1.82, 2.24) is 19.8 Å². The summed E-state index contributed by atoms with van der Waals surface area (Å²) in [6.07, 6.45) is 0. The molecule has 0 spiro atoms. The molecule has 2 heterocycles. The minimum Gasteiger partial charge on any atom is -0.497 e. The average molecular weight is 381 g/mol. The minimum atomic E-state index is 0.286. The van der Waals surface area contributed by atoms with Crippen molar-refractivity contribution in [2.75, 3.05) is 26.1 Å². The zero-order valence-electron chi connectivity index (χ0n) is 15.3. The van der Waals surface area contributed by atoms with Crippen LogP contribution >= 0.6 is 11.3 Å². The molecule has 0 saturated heterocycles. The molecule has 0 aliphatic carbocycles. The zero-order chi connectivity index (χ0) is 18.8. The zero-order valence-corrected chi connectivity index (χ0v) is 16.1. The highest BCUT2D eigenvalue weighted by Gasteiger charge is 2.14. The van der Waals surface area contributed by atoms with Gasteiger partial charge in [0.05, 0.1) is 7.11 Å². The van der Waals surface area contributed by atoms with Gasteiger partial charge in [0.25, 0.3) is 0 Å². The van der Waals surface area contributed by atoms with E-state index in [4.69, 9.17) is 9.47 Å². The molecule has 0 unspecified atom stereocenters. The molecule has 0 radical (unpaired) electrons. The first-order valence-corrected chi connectivity index (χ1v) is 9.21. The number of methoxy groups -OCH3 is 1. The van der Waals surface area contributed by atoms with Crippen molar-refractivity contribution >= 4 is 22.0 Å². The summed E-state index contributed by atoms with van der Waals surface area (Å²) < 4.78 is 12.7. The van der Waals surface area contributed by atoms with Gasteiger partial charge < -0.3 is 14.4 Å². The first-order chi connectivity index (χ1) is 13.1. The summed E-state index contributed by atoms with van der Waals surface area (Å²) in [4.78, 5) is 2.81. The third-order valence-corrected chi connectivity index (χ3v) is 5.04. The van der Waals surface area contributed by atoms with E-state index in [0.717, 1.165) is 32.7 Å². The van der Waals surface area contributed by atoms with Gasteiger partial charge in [-0.3, -0.25) is 0 Å². The highest BCUT2D eigenvalue weighted by atomic mass is 32.1. The molecule has 4 rings (SSSR count). The lowest BCUT2D eigenvalue weighted by Gasteiger charge is -2.12. The molecule has 0 bridgehead atoms. The third kappa shape index (κ3) is 3.56. The summed E-state index contributed by atoms with van der Waals surface area (Å²) in [7, 11) is 5.68. The van der Waals surface area contributed by atoms with Gasteiger partial charge >= 0.3 is 0 Å². The second kappa shape index (κ2) is 7.24. The normalized spacial score (nSPS) is 10.9. The van der Waals surface area contributed by atoms with Crippen LogP contribution in [-0.4, -0.2) is 41.0 Å². The number of rotatable bonds is 6. The Labute approximate surface area is 160 Å². The Morgan fingerprint density at radius 2 is 1.81 bits per heavy atom. The number of aromatic nitrogens is 4. The van der Waals surface area contributed by atoms with Gasteiger partial charge in [0.1, 0.15) is 23.1 Å². The van der Waals surface area contributed by atoms with Crippen LogP contribution in [0.4, 0.5) is 5.69 Å². The molecule has 0 saturated carbocycles. The highest BCUT2D eigenvalue weighted by Crippen LogP contribution is 2.28. The molecule has 0 amide bonds. The Kier molecular flexibility index (Phi) is 4.64. The Balaban J connectivity index is 1.55. The van der Waals surface area contributed by atoms with Crippen LogP contribution in [0.1, 0.15) is 5.82 Å². The third-order valence-electron chi connectivity index (χ3n) is 4.09. The van der Waals surface area contributed by atoms with Gasteiger partial charge in [-0.15, -0.1) is 10.2 Å². The lowest BCUT2D eigenvalue weighted by atomic mass is 10.2. The van der Waals surface area contributed by atoms with Gasteiger partial charge in [0.15, 0.2) is 5.82 Å². The fourth-order valence-corrected chi connectivity index (χ4v) is 3.46. The lowest BCUT2D eigenvalue weighted by Crippen LogP contribution is -2.08. The summed E-state index contributed by atoms with van der Waals surface area (Å²) in [5.41, 5.74) is 2.18. The lowest BCUT2D eigenvalue weighted by molar-refractivity contribution is 0.292. The standard InChI is InChI=1S/C19H19N5O2S/c1-23(2)14-6-4-5-13(11-14)18-22-24-17(20-21-19(24)27-18)12-26-16-9-7-15(25-3)8-10-16/h4-11H,12H2,1-3H3. The number of benzene rings is 2. The minimum absolute atomic E-state index is 0.286. The van der Waals surface area contributed by atoms with Gasteiger partial charge in [0, 0.05) is 25.3 Å². The molecule has 4 aromatic rings. The highest BCUT2D eigenvalue weighted by molar-refractivity contribution is 7.19. The predicted molar refractivity (Wildman–Crippen MR) is 106 cm³/mol. The number of hydrogen-bond acceptors (Lipinski definition) is 7. The second-order valence-corrected chi connectivity index (χ2v) is 7.08. The maximum absolute atomic E-state index is 5.80. The summed E-state index contributed by atoms with van der Waals surface area (Å²) in [6, 6.07) is 15.7. The molecule has 27 heavy (non-hydrogen) atoms. The topological polar surface area (TPSA) is 64.8 Å². The van der Waals surface area contributed by atoms with Crippen molar-refractivity contribution < 1.29 is 9.47 Å². The van der Waals surface area contributed by atoms with E-state index in [1.807, 2.05) is 50.5 Å². The summed E-state index contributed by atoms with van der Waals surface area (Å²) in [5, 5.41) is 14.0. The summed E-state index contributed by atoms with van der Waals surface area (Å²) in [5.74, 6) is 2.19. The number of nitrogens with zero attached hydrogens (tertiary/aromatic N) is 5. The van der Waals surface area contributed by atoms with Gasteiger partial charge in [-0.1, -0.05) is 23.5 Å². The first-order valence-electron chi connectivity index (χ1n) is 8.40. The largest absolute Gasteiger partial charge is 0.497 e. The fourth-order valence-electron chi connectivity index (χ4n) is 2.60. The van der Waals surface area contributed by atoms with Crippen LogP contribution in [0.2, 0.25) is 0 Å². The van der Waals surface area contributed by atoms with Gasteiger partial charge in [-0.05, 0) is 36.4 Å². The molecule has 0 aliphatic heterocycles. The van der Waals surface area contributed by atoms with Crippen molar-refractivity contribution in [2.24, 2.45) is 0 Å². The molecule has 8 heteroatoms. The molecule has 2 aromatic carbocycles. The fraction of sp³-hybridized carbons (Fsp3) is 0.211. The van der Waals surface area contributed by atoms with E-state index in [0.29, 0.717) is 5.82 Å². The van der Waals surface area contributed by atoms with Gasteiger partial charge in [-0.2, -0.15) is 9.61 Å². The van der Waals surface area contributed by atoms with Crippen molar-refractivity contribution in [1.29, 1.82) is 0 Å². The van der Waals surface area contributed by atoms with E-state index in [1.165, 1.54) is 11.3 Å². The maximum Gasteiger partial charge on any atom is 0.235 e. The Bertz CT molecular complexity index is 1060. The SMILES string of the molecule is COc1ccc(OCc2nnc3sc(-c4cccc(N(C)C)c4)nn23)cc1. The van der Waals surface area contributed by atoms with Crippen LogP contribution in [0.3, 0.4) is 0 Å². The Morgan fingerprint density at radius 3 is 2.56 bits per heavy atom. The number of ether oxygens (including phenoxy) is 2. The Hall–Kier alpha value is -3.13. The first kappa shape index (κ1) is 17.3. The molecule has 7 nitrogen and oxygen atoms in total. The maximum atomic E-state index is 5.80. The summed E-state index contributed by atoms with van der Waals surface area (Å²) in [6.45, 7) is 0.286. The predicted octanol–water partition coefficient (Wildman–Crippen LogP) is 3.51. The smallest absolute Gasteiger partial charge is 0.235 e. The average Bonchev–Trinajstić information content (AvgIpc) is 3.28. The van der Waals surface area contributed by atoms with Crippen LogP contribution < -0.4 is 14.4 Å². The molecular formula is C19H19N5O2S. The monoisotopic (exact) mass is 381 g/mol. The van der Waals surface area contributed by atoms with Crippen molar-refractivity contribution in [3.05, 3.63) is 54.4 Å². The Morgan fingerprint density at radius 1 is 1.04 bits per heavy atom. The van der Waals surface area contributed by atoms with Gasteiger partial charge in [0.2, 0.25) is 4.96 Å². The van der Waals surface area contributed by atoms with E-state index in [1.54, 1.807) is 11.6 Å². The van der Waals surface area contributed by atoms with E-state index in [2.05, 4.69) is 32.3 Å². The molecule has 2 aromatic heterocycles. The van der Waals surface area contributed by atoms with Crippen molar-refractivity contribution in [3.63, 3.8) is 0 Å². The second-order valence-electron chi connectivity index (χ2n) is 6.13.